The van der Waals surface area contributed by atoms with Gasteiger partial charge in [-0.2, -0.15) is 13.2 Å². The minimum atomic E-state index is -4.67. The third kappa shape index (κ3) is 3.30. The number of alkyl halides is 3. The van der Waals surface area contributed by atoms with E-state index in [1.807, 2.05) is 0 Å². The average Bonchev–Trinajstić information content (AvgIpc) is 2.70. The van der Waals surface area contributed by atoms with Gasteiger partial charge in [-0.05, 0) is 18.2 Å². The maximum Gasteiger partial charge on any atom is 0.417 e. The van der Waals surface area contributed by atoms with Gasteiger partial charge in [0.25, 0.3) is 0 Å². The maximum absolute atomic E-state index is 12.8. The van der Waals surface area contributed by atoms with Crippen LogP contribution < -0.4 is 10.0 Å². The quantitative estimate of drug-likeness (QED) is 0.889. The monoisotopic (exact) mass is 342 g/mol. The van der Waals surface area contributed by atoms with Gasteiger partial charge >= 0.3 is 6.18 Å². The van der Waals surface area contributed by atoms with Gasteiger partial charge < -0.3 is 4.90 Å². The Morgan fingerprint density at radius 2 is 1.95 bits per heavy atom. The standard InChI is InChI=1S/C11H10ClF3N2O3S/c12-9-2-1-6(3-8(9)11(13,14)15)17-5-7(4-10(17)18)21(16,19)20/h1-3,7H,4-5H2,(H2,16,19,20). The minimum absolute atomic E-state index is 0.0668. The van der Waals surface area contributed by atoms with Crippen LogP contribution in [0.5, 0.6) is 0 Å². The molecular weight excluding hydrogens is 333 g/mol. The van der Waals surface area contributed by atoms with Crippen molar-refractivity contribution in [3.8, 4) is 0 Å². The lowest BCUT2D eigenvalue weighted by molar-refractivity contribution is -0.137. The fourth-order valence-corrected chi connectivity index (χ4v) is 3.00. The lowest BCUT2D eigenvalue weighted by Crippen LogP contribution is -2.32. The summed E-state index contributed by atoms with van der Waals surface area (Å²) in [4.78, 5) is 12.7. The number of halogens is 4. The van der Waals surface area contributed by atoms with Crippen LogP contribution in [-0.4, -0.2) is 26.1 Å². The van der Waals surface area contributed by atoms with Crippen LogP contribution in [0.1, 0.15) is 12.0 Å². The van der Waals surface area contributed by atoms with Crippen LogP contribution in [0, 0.1) is 0 Å². The molecule has 10 heteroatoms. The molecular formula is C11H10ClF3N2O3S. The predicted octanol–water partition coefficient (Wildman–Crippen LogP) is 1.75. The lowest BCUT2D eigenvalue weighted by atomic mass is 10.2. The topological polar surface area (TPSA) is 80.5 Å². The number of nitrogens with zero attached hydrogens (tertiary/aromatic N) is 1. The number of carbonyl (C=O) groups excluding carboxylic acids is 1. The summed E-state index contributed by atoms with van der Waals surface area (Å²) >= 11 is 5.49. The van der Waals surface area contributed by atoms with Crippen molar-refractivity contribution in [2.24, 2.45) is 5.14 Å². The molecule has 1 aromatic rings. The van der Waals surface area contributed by atoms with Crippen molar-refractivity contribution in [1.82, 2.24) is 0 Å². The number of nitrogens with two attached hydrogens (primary N) is 1. The number of anilines is 1. The van der Waals surface area contributed by atoms with E-state index in [0.29, 0.717) is 6.07 Å². The van der Waals surface area contributed by atoms with Crippen LogP contribution in [0.25, 0.3) is 0 Å². The van der Waals surface area contributed by atoms with E-state index in [-0.39, 0.29) is 18.7 Å². The largest absolute Gasteiger partial charge is 0.417 e. The highest BCUT2D eigenvalue weighted by atomic mass is 35.5. The van der Waals surface area contributed by atoms with Crippen LogP contribution in [-0.2, 0) is 21.0 Å². The summed E-state index contributed by atoms with van der Waals surface area (Å²) in [6, 6.07) is 2.95. The molecule has 1 aromatic carbocycles. The maximum atomic E-state index is 12.8. The number of sulfonamides is 1. The van der Waals surface area contributed by atoms with Crippen molar-refractivity contribution in [3.05, 3.63) is 28.8 Å². The van der Waals surface area contributed by atoms with Gasteiger partial charge in [-0.25, -0.2) is 13.6 Å². The van der Waals surface area contributed by atoms with E-state index in [2.05, 4.69) is 0 Å². The first kappa shape index (κ1) is 16.1. The highest BCUT2D eigenvalue weighted by Gasteiger charge is 2.39. The Labute approximate surface area is 123 Å². The lowest BCUT2D eigenvalue weighted by Gasteiger charge is -2.18. The molecule has 2 rings (SSSR count). The van der Waals surface area contributed by atoms with Gasteiger partial charge in [0.1, 0.15) is 5.25 Å². The van der Waals surface area contributed by atoms with E-state index in [1.54, 1.807) is 0 Å². The molecule has 0 aromatic heterocycles. The van der Waals surface area contributed by atoms with Gasteiger partial charge in [0.05, 0.1) is 10.6 Å². The molecule has 2 N–H and O–H groups in total. The van der Waals surface area contributed by atoms with Crippen LogP contribution in [0.2, 0.25) is 5.02 Å². The van der Waals surface area contributed by atoms with Gasteiger partial charge in [-0.3, -0.25) is 4.79 Å². The Bertz CT molecular complexity index is 690. The Balaban J connectivity index is 2.38. The van der Waals surface area contributed by atoms with Crippen LogP contribution in [0.3, 0.4) is 0 Å². The fraction of sp³-hybridized carbons (Fsp3) is 0.364. The van der Waals surface area contributed by atoms with Crippen molar-refractivity contribution < 1.29 is 26.4 Å². The molecule has 0 aliphatic carbocycles. The summed E-state index contributed by atoms with van der Waals surface area (Å²) in [7, 11) is -3.93. The minimum Gasteiger partial charge on any atom is -0.311 e. The van der Waals surface area contributed by atoms with E-state index in [1.165, 1.54) is 6.07 Å². The van der Waals surface area contributed by atoms with Crippen molar-refractivity contribution in [3.63, 3.8) is 0 Å². The van der Waals surface area contributed by atoms with Crippen molar-refractivity contribution >= 4 is 33.2 Å². The zero-order valence-corrected chi connectivity index (χ0v) is 12.0. The predicted molar refractivity (Wildman–Crippen MR) is 70.3 cm³/mol. The second-order valence-electron chi connectivity index (χ2n) is 4.58. The summed E-state index contributed by atoms with van der Waals surface area (Å²) in [6.45, 7) is -0.281. The molecule has 0 radical (unpaired) electrons. The fourth-order valence-electron chi connectivity index (χ4n) is 2.04. The van der Waals surface area contributed by atoms with E-state index >= 15 is 0 Å². The molecule has 21 heavy (non-hydrogen) atoms. The smallest absolute Gasteiger partial charge is 0.311 e. The molecule has 1 atom stereocenters. The number of rotatable bonds is 2. The summed E-state index contributed by atoms with van der Waals surface area (Å²) in [5.74, 6) is -0.607. The molecule has 1 aliphatic heterocycles. The van der Waals surface area contributed by atoms with Gasteiger partial charge in [0, 0.05) is 18.7 Å². The second kappa shape index (κ2) is 5.15. The Morgan fingerprint density at radius 3 is 2.43 bits per heavy atom. The SMILES string of the molecule is NS(=O)(=O)C1CC(=O)N(c2ccc(Cl)c(C(F)(F)F)c2)C1. The number of primary sulfonamides is 1. The van der Waals surface area contributed by atoms with Crippen LogP contribution >= 0.6 is 11.6 Å². The molecule has 0 bridgehead atoms. The summed E-state index contributed by atoms with van der Waals surface area (Å²) < 4.78 is 60.8. The Morgan fingerprint density at radius 1 is 1.33 bits per heavy atom. The number of carbonyl (C=O) groups is 1. The number of benzene rings is 1. The molecule has 1 saturated heterocycles. The third-order valence-corrected chi connectivity index (χ3v) is 4.70. The number of amides is 1. The highest BCUT2D eigenvalue weighted by Crippen LogP contribution is 2.37. The molecule has 0 spiro atoms. The molecule has 5 nitrogen and oxygen atoms in total. The second-order valence-corrected chi connectivity index (χ2v) is 6.83. The zero-order chi connectivity index (χ0) is 16.0. The van der Waals surface area contributed by atoms with Crippen LogP contribution in [0.15, 0.2) is 18.2 Å². The Hall–Kier alpha value is -1.32. The molecule has 1 amide bonds. The molecule has 1 fully saturated rings. The van der Waals surface area contributed by atoms with Gasteiger partial charge in [0.2, 0.25) is 15.9 Å². The summed E-state index contributed by atoms with van der Waals surface area (Å²) in [5.41, 5.74) is -1.16. The van der Waals surface area contributed by atoms with Crippen molar-refractivity contribution in [1.29, 1.82) is 0 Å². The first-order chi connectivity index (χ1) is 9.50. The van der Waals surface area contributed by atoms with E-state index in [9.17, 15) is 26.4 Å². The summed E-state index contributed by atoms with van der Waals surface area (Å²) in [6.07, 6.45) is -5.03. The molecule has 116 valence electrons. The van der Waals surface area contributed by atoms with Gasteiger partial charge in [-0.15, -0.1) is 0 Å². The molecule has 1 unspecified atom stereocenters. The Kier molecular flexibility index (Phi) is 3.94. The number of hydrogen-bond acceptors (Lipinski definition) is 3. The van der Waals surface area contributed by atoms with E-state index < -0.39 is 37.9 Å². The van der Waals surface area contributed by atoms with E-state index in [0.717, 1.165) is 11.0 Å². The molecule has 1 aliphatic rings. The zero-order valence-electron chi connectivity index (χ0n) is 10.4. The highest BCUT2D eigenvalue weighted by molar-refractivity contribution is 7.89. The van der Waals surface area contributed by atoms with Crippen LogP contribution in [0.4, 0.5) is 18.9 Å². The van der Waals surface area contributed by atoms with Crippen molar-refractivity contribution in [2.75, 3.05) is 11.4 Å². The number of hydrogen-bond donors (Lipinski definition) is 1. The van der Waals surface area contributed by atoms with Gasteiger partial charge in [-0.1, -0.05) is 11.6 Å². The normalized spacial score (nSPS) is 20.1. The first-order valence-corrected chi connectivity index (χ1v) is 7.67. The third-order valence-electron chi connectivity index (χ3n) is 3.12. The molecule has 1 heterocycles. The van der Waals surface area contributed by atoms with Gasteiger partial charge in [0.15, 0.2) is 0 Å². The first-order valence-electron chi connectivity index (χ1n) is 5.69. The molecule has 0 saturated carbocycles. The van der Waals surface area contributed by atoms with E-state index in [4.69, 9.17) is 16.7 Å². The average molecular weight is 343 g/mol. The van der Waals surface area contributed by atoms with Crippen molar-refractivity contribution in [2.45, 2.75) is 17.8 Å². The summed E-state index contributed by atoms with van der Waals surface area (Å²) in [5, 5.41) is 3.33.